The fraction of sp³-hybridized carbons (Fsp3) is 0.412. The van der Waals surface area contributed by atoms with Crippen molar-refractivity contribution in [1.29, 1.82) is 0 Å². The van der Waals surface area contributed by atoms with Crippen LogP contribution < -0.4 is 0 Å². The summed E-state index contributed by atoms with van der Waals surface area (Å²) in [7, 11) is -4.40. The molecule has 0 unspecified atom stereocenters. The summed E-state index contributed by atoms with van der Waals surface area (Å²) in [6, 6.07) is 5.57. The minimum absolute atomic E-state index is 0.201. The number of aliphatic carboxylic acids is 1. The van der Waals surface area contributed by atoms with Gasteiger partial charge in [-0.1, -0.05) is 15.9 Å². The van der Waals surface area contributed by atoms with Gasteiger partial charge in [-0.25, -0.2) is 18.3 Å². The molecule has 0 spiro atoms. The Morgan fingerprint density at radius 2 is 1.71 bits per heavy atom. The molecule has 1 aromatic rings. The lowest BCUT2D eigenvalue weighted by atomic mass is 10.1. The van der Waals surface area contributed by atoms with Gasteiger partial charge in [0.25, 0.3) is 9.84 Å². The molecule has 11 heteroatoms. The number of carboxylic acid groups (broad SMARTS) is 1. The van der Waals surface area contributed by atoms with Gasteiger partial charge in [-0.3, -0.25) is 19.6 Å². The van der Waals surface area contributed by atoms with Crippen LogP contribution in [0.15, 0.2) is 43.6 Å². The van der Waals surface area contributed by atoms with Crippen molar-refractivity contribution in [2.24, 2.45) is 9.98 Å². The Bertz CT molecular complexity index is 907. The van der Waals surface area contributed by atoms with Gasteiger partial charge in [0.1, 0.15) is 0 Å². The summed E-state index contributed by atoms with van der Waals surface area (Å²) in [6.45, 7) is 4.57. The molecule has 0 atom stereocenters. The molecule has 1 heterocycles. The minimum atomic E-state index is -4.40. The van der Waals surface area contributed by atoms with Crippen molar-refractivity contribution in [2.75, 3.05) is 6.54 Å². The maximum atomic E-state index is 12.8. The molecule has 0 aromatic heterocycles. The highest BCUT2D eigenvalue weighted by molar-refractivity contribution is 9.10. The third-order valence-corrected chi connectivity index (χ3v) is 5.68. The first-order valence-electron chi connectivity index (χ1n) is 8.21. The van der Waals surface area contributed by atoms with Gasteiger partial charge in [0, 0.05) is 23.3 Å². The van der Waals surface area contributed by atoms with Crippen LogP contribution in [0.2, 0.25) is 0 Å². The molecule has 1 N–H and O–H groups in total. The number of hydroxylamine groups is 2. The number of rotatable bonds is 6. The third kappa shape index (κ3) is 5.03. The van der Waals surface area contributed by atoms with Gasteiger partial charge in [0.15, 0.2) is 0 Å². The van der Waals surface area contributed by atoms with Crippen LogP contribution in [0.3, 0.4) is 0 Å². The third-order valence-electron chi connectivity index (χ3n) is 3.59. The molecule has 1 aliphatic rings. The number of aliphatic imine (C=N–C) groups is 2. The van der Waals surface area contributed by atoms with Gasteiger partial charge in [-0.05, 0) is 45.0 Å². The number of nitrogens with zero attached hydrogens (tertiary/aromatic N) is 3. The standard InChI is InChI=1S/C17H20BrN3O6S/c1-16(2,3)27-21(11-8-17(14(22)23)19-9-10-20-17)15(24)28(25,26)13-6-4-12(18)5-7-13/h4-7,9-10H,8,11H2,1-3H3,(H,22,23). The maximum Gasteiger partial charge on any atom is 0.367 e. The first-order valence-corrected chi connectivity index (χ1v) is 10.5. The van der Waals surface area contributed by atoms with Crippen molar-refractivity contribution < 1.29 is 28.0 Å². The van der Waals surface area contributed by atoms with Gasteiger partial charge in [-0.15, -0.1) is 0 Å². The van der Waals surface area contributed by atoms with Gasteiger partial charge < -0.3 is 5.11 Å². The van der Waals surface area contributed by atoms with E-state index in [4.69, 9.17) is 4.84 Å². The van der Waals surface area contributed by atoms with E-state index in [1.54, 1.807) is 20.8 Å². The second-order valence-electron chi connectivity index (χ2n) is 6.96. The zero-order chi connectivity index (χ0) is 21.2. The number of carboxylic acids is 1. The van der Waals surface area contributed by atoms with E-state index >= 15 is 0 Å². The minimum Gasteiger partial charge on any atom is -0.478 e. The molecule has 1 amide bonds. The summed E-state index contributed by atoms with van der Waals surface area (Å²) in [6.07, 6.45) is 2.22. The second-order valence-corrected chi connectivity index (χ2v) is 9.70. The van der Waals surface area contributed by atoms with Crippen LogP contribution in [0.4, 0.5) is 4.79 Å². The number of sulfone groups is 1. The van der Waals surface area contributed by atoms with E-state index in [1.807, 2.05) is 0 Å². The molecule has 0 saturated carbocycles. The Kier molecular flexibility index (Phi) is 6.41. The van der Waals surface area contributed by atoms with Gasteiger partial charge >= 0.3 is 11.2 Å². The summed E-state index contributed by atoms with van der Waals surface area (Å²) in [4.78, 5) is 37.3. The summed E-state index contributed by atoms with van der Waals surface area (Å²) in [5, 5.41) is 8.78. The van der Waals surface area contributed by atoms with Crippen molar-refractivity contribution in [2.45, 2.75) is 43.4 Å². The molecule has 0 bridgehead atoms. The van der Waals surface area contributed by atoms with Crippen LogP contribution >= 0.6 is 15.9 Å². The Hall–Kier alpha value is -2.11. The highest BCUT2D eigenvalue weighted by Crippen LogP contribution is 2.25. The fourth-order valence-electron chi connectivity index (χ4n) is 2.30. The highest BCUT2D eigenvalue weighted by Gasteiger charge is 2.41. The van der Waals surface area contributed by atoms with Crippen LogP contribution in [-0.2, 0) is 19.5 Å². The largest absolute Gasteiger partial charge is 0.478 e. The number of benzene rings is 1. The monoisotopic (exact) mass is 473 g/mol. The first kappa shape index (κ1) is 22.2. The summed E-state index contributed by atoms with van der Waals surface area (Å²) >= 11 is 3.20. The van der Waals surface area contributed by atoms with E-state index < -0.39 is 32.3 Å². The number of hydrogen-bond acceptors (Lipinski definition) is 7. The Balaban J connectivity index is 2.30. The molecule has 1 aromatic carbocycles. The topological polar surface area (TPSA) is 126 Å². The molecule has 0 fully saturated rings. The SMILES string of the molecule is CC(C)(C)ON(CCC1(C(=O)O)N=CC=N1)C(=O)S(=O)(=O)c1ccc(Br)cc1. The Morgan fingerprint density at radius 3 is 2.18 bits per heavy atom. The first-order chi connectivity index (χ1) is 12.9. The van der Waals surface area contributed by atoms with E-state index in [2.05, 4.69) is 25.9 Å². The Labute approximate surface area is 171 Å². The number of carbonyl (C=O) groups excluding carboxylic acids is 1. The molecule has 9 nitrogen and oxygen atoms in total. The average Bonchev–Trinajstić information content (AvgIpc) is 3.07. The van der Waals surface area contributed by atoms with Crippen molar-refractivity contribution in [3.63, 3.8) is 0 Å². The van der Waals surface area contributed by atoms with Crippen molar-refractivity contribution in [3.8, 4) is 0 Å². The average molecular weight is 474 g/mol. The predicted molar refractivity (Wildman–Crippen MR) is 106 cm³/mol. The van der Waals surface area contributed by atoms with Crippen LogP contribution in [-0.4, -0.2) is 60.0 Å². The fourth-order valence-corrected chi connectivity index (χ4v) is 3.66. The lowest BCUT2D eigenvalue weighted by Crippen LogP contribution is -2.45. The maximum absolute atomic E-state index is 12.8. The lowest BCUT2D eigenvalue weighted by molar-refractivity contribution is -0.190. The molecule has 2 rings (SSSR count). The normalized spacial score (nSPS) is 15.6. The highest BCUT2D eigenvalue weighted by atomic mass is 79.9. The zero-order valence-electron chi connectivity index (χ0n) is 15.5. The lowest BCUT2D eigenvalue weighted by Gasteiger charge is -2.30. The molecular weight excluding hydrogens is 454 g/mol. The molecule has 152 valence electrons. The molecule has 0 saturated heterocycles. The van der Waals surface area contributed by atoms with Crippen LogP contribution in [0, 0.1) is 0 Å². The van der Waals surface area contributed by atoms with E-state index in [9.17, 15) is 23.1 Å². The summed E-state index contributed by atoms with van der Waals surface area (Å²) < 4.78 is 26.1. The van der Waals surface area contributed by atoms with Gasteiger partial charge in [0.05, 0.1) is 17.0 Å². The molecule has 0 radical (unpaired) electrons. The van der Waals surface area contributed by atoms with E-state index in [0.29, 0.717) is 9.54 Å². The molecular formula is C17H20BrN3O6S. The quantitative estimate of drug-likeness (QED) is 0.632. The number of halogens is 1. The van der Waals surface area contributed by atoms with Crippen LogP contribution in [0.1, 0.15) is 27.2 Å². The van der Waals surface area contributed by atoms with E-state index in [0.717, 1.165) is 0 Å². The van der Waals surface area contributed by atoms with Crippen molar-refractivity contribution >= 4 is 49.4 Å². The van der Waals surface area contributed by atoms with Crippen LogP contribution in [0.5, 0.6) is 0 Å². The predicted octanol–water partition coefficient (Wildman–Crippen LogP) is 2.70. The molecule has 0 aliphatic carbocycles. The summed E-state index contributed by atoms with van der Waals surface area (Å²) in [5.41, 5.74) is -2.70. The number of carbonyl (C=O) groups is 2. The Morgan fingerprint density at radius 1 is 1.18 bits per heavy atom. The molecule has 1 aliphatic heterocycles. The smallest absolute Gasteiger partial charge is 0.367 e. The number of hydrogen-bond donors (Lipinski definition) is 1. The number of amides is 1. The second kappa shape index (κ2) is 8.10. The van der Waals surface area contributed by atoms with E-state index in [-0.39, 0.29) is 17.9 Å². The summed E-state index contributed by atoms with van der Waals surface area (Å²) in [5.74, 6) is -1.31. The molecule has 28 heavy (non-hydrogen) atoms. The van der Waals surface area contributed by atoms with E-state index in [1.165, 1.54) is 36.7 Å². The van der Waals surface area contributed by atoms with Crippen molar-refractivity contribution in [1.82, 2.24) is 5.06 Å². The van der Waals surface area contributed by atoms with Crippen molar-refractivity contribution in [3.05, 3.63) is 28.7 Å². The zero-order valence-corrected chi connectivity index (χ0v) is 17.9. The van der Waals surface area contributed by atoms with Gasteiger partial charge in [-0.2, -0.15) is 0 Å². The van der Waals surface area contributed by atoms with Crippen LogP contribution in [0.25, 0.3) is 0 Å². The van der Waals surface area contributed by atoms with Gasteiger partial charge in [0.2, 0.25) is 5.66 Å².